The molecule has 1 aliphatic heterocycles. The SMILES string of the molecule is CCOc1ccc(C2C(C#N)=C(N)N(c3nnc(SCC(=O)Nc4cccc(OC)c4)s3)C3=C2C(=O)CCC3)cc1. The van der Waals surface area contributed by atoms with Crippen LogP contribution in [0.25, 0.3) is 0 Å². The van der Waals surface area contributed by atoms with E-state index in [9.17, 15) is 14.9 Å². The molecule has 1 aromatic heterocycles. The third kappa shape index (κ3) is 5.91. The summed E-state index contributed by atoms with van der Waals surface area (Å²) in [6, 6.07) is 16.8. The summed E-state index contributed by atoms with van der Waals surface area (Å²) < 4.78 is 11.3. The number of nitrogens with two attached hydrogens (primary N) is 1. The number of carbonyl (C=O) groups excluding carboxylic acids is 2. The Labute approximate surface area is 245 Å². The van der Waals surface area contributed by atoms with Crippen LogP contribution >= 0.6 is 23.1 Å². The molecule has 1 aliphatic carbocycles. The summed E-state index contributed by atoms with van der Waals surface area (Å²) >= 11 is 2.49. The van der Waals surface area contributed by atoms with E-state index in [0.717, 1.165) is 11.3 Å². The molecule has 0 radical (unpaired) electrons. The highest BCUT2D eigenvalue weighted by Gasteiger charge is 2.41. The predicted octanol–water partition coefficient (Wildman–Crippen LogP) is 4.98. The van der Waals surface area contributed by atoms with Crippen molar-refractivity contribution < 1.29 is 19.1 Å². The van der Waals surface area contributed by atoms with Crippen molar-refractivity contribution in [3.05, 3.63) is 76.8 Å². The van der Waals surface area contributed by atoms with Gasteiger partial charge in [-0.2, -0.15) is 5.26 Å². The minimum Gasteiger partial charge on any atom is -0.497 e. The molecule has 2 aromatic carbocycles. The summed E-state index contributed by atoms with van der Waals surface area (Å²) in [5.74, 6) is 0.915. The summed E-state index contributed by atoms with van der Waals surface area (Å²) in [5, 5.41) is 22.1. The van der Waals surface area contributed by atoms with E-state index in [1.165, 1.54) is 23.1 Å². The number of ketones is 1. The number of aromatic nitrogens is 2. The first kappa shape index (κ1) is 28.2. The molecule has 12 heteroatoms. The minimum absolute atomic E-state index is 0.0105. The van der Waals surface area contributed by atoms with E-state index in [1.807, 2.05) is 31.2 Å². The van der Waals surface area contributed by atoms with Crippen LogP contribution in [0.1, 0.15) is 37.7 Å². The second-order valence-electron chi connectivity index (χ2n) is 9.24. The summed E-state index contributed by atoms with van der Waals surface area (Å²) in [7, 11) is 1.57. The lowest BCUT2D eigenvalue weighted by molar-refractivity contribution is -0.116. The number of methoxy groups -OCH3 is 1. The van der Waals surface area contributed by atoms with Crippen LogP contribution in [0.5, 0.6) is 11.5 Å². The van der Waals surface area contributed by atoms with Gasteiger partial charge in [-0.15, -0.1) is 10.2 Å². The van der Waals surface area contributed by atoms with Crippen LogP contribution in [0.2, 0.25) is 0 Å². The molecule has 0 bridgehead atoms. The van der Waals surface area contributed by atoms with Gasteiger partial charge >= 0.3 is 0 Å². The van der Waals surface area contributed by atoms with Gasteiger partial charge in [0.25, 0.3) is 0 Å². The molecule has 10 nitrogen and oxygen atoms in total. The minimum atomic E-state index is -0.572. The zero-order valence-electron chi connectivity index (χ0n) is 22.5. The van der Waals surface area contributed by atoms with Gasteiger partial charge in [-0.1, -0.05) is 41.3 Å². The summed E-state index contributed by atoms with van der Waals surface area (Å²) in [6.07, 6.45) is 1.68. The maximum Gasteiger partial charge on any atom is 0.234 e. The second kappa shape index (κ2) is 12.4. The molecule has 3 N–H and O–H groups in total. The summed E-state index contributed by atoms with van der Waals surface area (Å²) in [5.41, 5.74) is 9.65. The number of carbonyl (C=O) groups is 2. The second-order valence-corrected chi connectivity index (χ2v) is 11.4. The quantitative estimate of drug-likeness (QED) is 0.328. The van der Waals surface area contributed by atoms with Crippen LogP contribution in [0.3, 0.4) is 0 Å². The first-order valence-corrected chi connectivity index (χ1v) is 14.8. The molecule has 2 heterocycles. The van der Waals surface area contributed by atoms with Crippen molar-refractivity contribution in [2.24, 2.45) is 5.73 Å². The lowest BCUT2D eigenvalue weighted by atomic mass is 9.76. The fourth-order valence-electron chi connectivity index (χ4n) is 4.94. The van der Waals surface area contributed by atoms with Crippen molar-refractivity contribution >= 4 is 45.6 Å². The molecule has 1 unspecified atom stereocenters. The van der Waals surface area contributed by atoms with Gasteiger partial charge in [0.2, 0.25) is 11.0 Å². The first-order valence-electron chi connectivity index (χ1n) is 13.0. The predicted molar refractivity (Wildman–Crippen MR) is 158 cm³/mol. The highest BCUT2D eigenvalue weighted by atomic mass is 32.2. The molecule has 1 amide bonds. The molecule has 2 aliphatic rings. The molecule has 5 rings (SSSR count). The number of amides is 1. The number of ether oxygens (including phenoxy) is 2. The molecule has 0 spiro atoms. The number of anilines is 2. The van der Waals surface area contributed by atoms with Crippen LogP contribution in [-0.4, -0.2) is 41.4 Å². The van der Waals surface area contributed by atoms with Crippen LogP contribution in [0, 0.1) is 11.3 Å². The Bertz CT molecular complexity index is 1570. The van der Waals surface area contributed by atoms with E-state index in [1.54, 1.807) is 36.3 Å². The molecular formula is C29H28N6O4S2. The van der Waals surface area contributed by atoms with E-state index < -0.39 is 5.92 Å². The maximum absolute atomic E-state index is 13.3. The van der Waals surface area contributed by atoms with E-state index in [4.69, 9.17) is 15.2 Å². The lowest BCUT2D eigenvalue weighted by Gasteiger charge is -2.38. The third-order valence-electron chi connectivity index (χ3n) is 6.71. The Morgan fingerprint density at radius 3 is 2.76 bits per heavy atom. The van der Waals surface area contributed by atoms with E-state index in [2.05, 4.69) is 21.6 Å². The highest BCUT2D eigenvalue weighted by molar-refractivity contribution is 8.01. The van der Waals surface area contributed by atoms with Crippen molar-refractivity contribution in [3.63, 3.8) is 0 Å². The molecular weight excluding hydrogens is 560 g/mol. The van der Waals surface area contributed by atoms with Gasteiger partial charge in [0.1, 0.15) is 17.3 Å². The monoisotopic (exact) mass is 588 g/mol. The highest BCUT2D eigenvalue weighted by Crippen LogP contribution is 2.47. The fraction of sp³-hybridized carbons (Fsp3) is 0.276. The first-order chi connectivity index (χ1) is 19.9. The number of benzene rings is 2. The largest absolute Gasteiger partial charge is 0.497 e. The molecule has 0 saturated carbocycles. The smallest absolute Gasteiger partial charge is 0.234 e. The number of Topliss-reactive ketones (excluding diaryl/α,β-unsaturated/α-hetero) is 1. The Morgan fingerprint density at radius 1 is 1.22 bits per heavy atom. The summed E-state index contributed by atoms with van der Waals surface area (Å²) in [4.78, 5) is 27.6. The number of thioether (sulfide) groups is 1. The molecule has 3 aromatic rings. The average molecular weight is 589 g/mol. The van der Waals surface area contributed by atoms with E-state index in [-0.39, 0.29) is 28.8 Å². The fourth-order valence-corrected chi connectivity index (χ4v) is 6.62. The van der Waals surface area contributed by atoms with Gasteiger partial charge in [-0.05, 0) is 49.6 Å². The Balaban J connectivity index is 1.39. The molecule has 41 heavy (non-hydrogen) atoms. The summed E-state index contributed by atoms with van der Waals surface area (Å²) in [6.45, 7) is 2.45. The normalized spacial score (nSPS) is 16.8. The molecule has 0 fully saturated rings. The Hall–Kier alpha value is -4.34. The van der Waals surface area contributed by atoms with Crippen molar-refractivity contribution in [2.75, 3.05) is 29.7 Å². The van der Waals surface area contributed by atoms with Gasteiger partial charge in [-0.25, -0.2) is 0 Å². The number of rotatable bonds is 9. The standard InChI is InChI=1S/C29H28N6O4S2/c1-3-39-19-12-10-17(11-13-19)25-21(15-30)27(31)35(22-8-5-9-23(36)26(22)25)28-33-34-29(41-28)40-16-24(37)32-18-6-4-7-20(14-18)38-2/h4,6-7,10-14,25H,3,5,8-9,16,31H2,1-2H3,(H,32,37). The van der Waals surface area contributed by atoms with Gasteiger partial charge < -0.3 is 20.5 Å². The van der Waals surface area contributed by atoms with E-state index >= 15 is 0 Å². The van der Waals surface area contributed by atoms with Gasteiger partial charge in [-0.3, -0.25) is 14.5 Å². The number of nitriles is 1. The van der Waals surface area contributed by atoms with Gasteiger partial charge in [0.15, 0.2) is 10.1 Å². The van der Waals surface area contributed by atoms with E-state index in [0.29, 0.717) is 58.1 Å². The number of nitrogens with zero attached hydrogens (tertiary/aromatic N) is 4. The Kier molecular flexibility index (Phi) is 8.56. The number of allylic oxidation sites excluding steroid dienone is 3. The van der Waals surface area contributed by atoms with Crippen LogP contribution in [0.4, 0.5) is 10.8 Å². The van der Waals surface area contributed by atoms with Crippen LogP contribution in [-0.2, 0) is 9.59 Å². The number of hydrogen-bond acceptors (Lipinski definition) is 11. The number of nitrogens with one attached hydrogen (secondary N) is 1. The molecule has 1 atom stereocenters. The van der Waals surface area contributed by atoms with Crippen molar-refractivity contribution in [3.8, 4) is 17.6 Å². The molecule has 0 saturated heterocycles. The topological polar surface area (TPSA) is 143 Å². The van der Waals surface area contributed by atoms with Crippen molar-refractivity contribution in [1.82, 2.24) is 10.2 Å². The molecule has 210 valence electrons. The van der Waals surface area contributed by atoms with Crippen LogP contribution < -0.4 is 25.4 Å². The maximum atomic E-state index is 13.3. The zero-order chi connectivity index (χ0) is 28.9. The third-order valence-corrected chi connectivity index (χ3v) is 8.75. The van der Waals surface area contributed by atoms with Crippen molar-refractivity contribution in [1.29, 1.82) is 5.26 Å². The average Bonchev–Trinajstić information content (AvgIpc) is 3.45. The van der Waals surface area contributed by atoms with Gasteiger partial charge in [0.05, 0.1) is 37.0 Å². The van der Waals surface area contributed by atoms with Gasteiger partial charge in [0, 0.05) is 29.4 Å². The van der Waals surface area contributed by atoms with Crippen LogP contribution in [0.15, 0.2) is 75.5 Å². The zero-order valence-corrected chi connectivity index (χ0v) is 24.2. The number of hydrogen-bond donors (Lipinski definition) is 2. The van der Waals surface area contributed by atoms with Crippen molar-refractivity contribution in [2.45, 2.75) is 36.4 Å². The lowest BCUT2D eigenvalue weighted by Crippen LogP contribution is -2.38. The Morgan fingerprint density at radius 2 is 2.02 bits per heavy atom.